The van der Waals surface area contributed by atoms with Crippen molar-refractivity contribution in [3.05, 3.63) is 30.4 Å². The third kappa shape index (κ3) is 2.55. The first-order valence-corrected chi connectivity index (χ1v) is 7.26. The van der Waals surface area contributed by atoms with Crippen LogP contribution in [0.1, 0.15) is 18.2 Å². The highest BCUT2D eigenvalue weighted by Gasteiger charge is 2.25. The Bertz CT molecular complexity index is 831. The maximum absolute atomic E-state index is 11.1. The largest absolute Gasteiger partial charge is 0.480 e. The van der Waals surface area contributed by atoms with Gasteiger partial charge in [-0.05, 0) is 12.5 Å². The Balaban J connectivity index is 1.79. The number of carboxylic acids is 1. The number of carbonyl (C=O) groups is 1. The lowest BCUT2D eigenvalue weighted by molar-refractivity contribution is -0.137. The lowest BCUT2D eigenvalue weighted by Crippen LogP contribution is -2.12. The molecule has 3 aromatic heterocycles. The predicted molar refractivity (Wildman–Crippen MR) is 77.8 cm³/mol. The van der Waals surface area contributed by atoms with Crippen LogP contribution in [0, 0.1) is 0 Å². The van der Waals surface area contributed by atoms with Gasteiger partial charge in [-0.2, -0.15) is 10.2 Å². The Kier molecular flexibility index (Phi) is 3.27. The van der Waals surface area contributed by atoms with Gasteiger partial charge >= 0.3 is 5.97 Å². The number of carboxylic acid groups (broad SMARTS) is 1. The highest BCUT2D eigenvalue weighted by molar-refractivity contribution is 5.68. The van der Waals surface area contributed by atoms with Crippen molar-refractivity contribution in [2.75, 3.05) is 13.2 Å². The molecule has 0 radical (unpaired) electrons. The second-order valence-electron chi connectivity index (χ2n) is 5.36. The van der Waals surface area contributed by atoms with Crippen LogP contribution in [0.5, 0.6) is 0 Å². The van der Waals surface area contributed by atoms with E-state index in [9.17, 15) is 4.79 Å². The van der Waals surface area contributed by atoms with Crippen LogP contribution in [0.2, 0.25) is 0 Å². The monoisotopic (exact) mass is 314 g/mol. The van der Waals surface area contributed by atoms with Crippen molar-refractivity contribution in [2.24, 2.45) is 0 Å². The summed E-state index contributed by atoms with van der Waals surface area (Å²) in [4.78, 5) is 19.8. The number of nitrogens with zero attached hydrogens (tertiary/aromatic N) is 6. The van der Waals surface area contributed by atoms with E-state index in [1.807, 2.05) is 0 Å². The van der Waals surface area contributed by atoms with Crippen LogP contribution >= 0.6 is 0 Å². The molecule has 9 nitrogen and oxygen atoms in total. The molecular weight excluding hydrogens is 300 g/mol. The molecule has 4 heterocycles. The molecule has 0 amide bonds. The maximum atomic E-state index is 11.1. The van der Waals surface area contributed by atoms with Gasteiger partial charge in [0.05, 0.1) is 6.61 Å². The molecule has 4 rings (SSSR count). The summed E-state index contributed by atoms with van der Waals surface area (Å²) in [5.74, 6) is 0.148. The van der Waals surface area contributed by atoms with E-state index in [-0.39, 0.29) is 12.5 Å². The minimum Gasteiger partial charge on any atom is -0.480 e. The van der Waals surface area contributed by atoms with Gasteiger partial charge in [0.1, 0.15) is 12.2 Å². The minimum atomic E-state index is -0.979. The van der Waals surface area contributed by atoms with Crippen LogP contribution < -0.4 is 0 Å². The summed E-state index contributed by atoms with van der Waals surface area (Å²) < 4.78 is 8.35. The second-order valence-corrected chi connectivity index (χ2v) is 5.36. The maximum Gasteiger partial charge on any atom is 0.325 e. The normalized spacial score (nSPS) is 17.8. The number of fused-ring (bicyclic) bond motifs is 1. The van der Waals surface area contributed by atoms with E-state index in [0.29, 0.717) is 36.2 Å². The molecule has 1 saturated heterocycles. The first kappa shape index (κ1) is 13.8. The summed E-state index contributed by atoms with van der Waals surface area (Å²) in [5, 5.41) is 17.9. The van der Waals surface area contributed by atoms with Crippen LogP contribution in [0.15, 0.2) is 24.5 Å². The average Bonchev–Trinajstić information content (AvgIpc) is 3.25. The predicted octanol–water partition coefficient (Wildman–Crippen LogP) is 0.576. The van der Waals surface area contributed by atoms with E-state index in [1.165, 1.54) is 4.68 Å². The summed E-state index contributed by atoms with van der Waals surface area (Å²) >= 11 is 0. The number of aliphatic carboxylic acids is 1. The van der Waals surface area contributed by atoms with Gasteiger partial charge in [-0.25, -0.2) is 19.2 Å². The van der Waals surface area contributed by atoms with E-state index < -0.39 is 5.97 Å². The van der Waals surface area contributed by atoms with Crippen molar-refractivity contribution in [1.82, 2.24) is 29.4 Å². The fraction of sp³-hybridized carbons (Fsp3) is 0.357. The molecule has 0 unspecified atom stereocenters. The molecule has 0 spiro atoms. The fourth-order valence-corrected chi connectivity index (χ4v) is 2.64. The van der Waals surface area contributed by atoms with Crippen molar-refractivity contribution >= 4 is 11.6 Å². The second kappa shape index (κ2) is 5.43. The Labute approximate surface area is 130 Å². The van der Waals surface area contributed by atoms with Gasteiger partial charge < -0.3 is 9.84 Å². The fourth-order valence-electron chi connectivity index (χ4n) is 2.64. The third-order valence-corrected chi connectivity index (χ3v) is 3.73. The molecule has 0 aliphatic carbocycles. The number of ether oxygens (including phenoxy) is 1. The van der Waals surface area contributed by atoms with Crippen molar-refractivity contribution in [1.29, 1.82) is 0 Å². The first-order valence-electron chi connectivity index (χ1n) is 7.26. The molecule has 3 aromatic rings. The van der Waals surface area contributed by atoms with Crippen LogP contribution in [-0.2, 0) is 16.1 Å². The highest BCUT2D eigenvalue weighted by Crippen LogP contribution is 2.25. The van der Waals surface area contributed by atoms with E-state index in [2.05, 4.69) is 20.2 Å². The smallest absolute Gasteiger partial charge is 0.325 e. The highest BCUT2D eigenvalue weighted by atomic mass is 16.5. The van der Waals surface area contributed by atoms with Crippen molar-refractivity contribution in [3.8, 4) is 11.5 Å². The number of hydrogen-bond acceptors (Lipinski definition) is 6. The van der Waals surface area contributed by atoms with Gasteiger partial charge in [-0.3, -0.25) is 4.79 Å². The molecule has 0 saturated carbocycles. The molecule has 1 aliphatic heterocycles. The molecule has 23 heavy (non-hydrogen) atoms. The summed E-state index contributed by atoms with van der Waals surface area (Å²) in [6.07, 6.45) is 4.28. The van der Waals surface area contributed by atoms with Crippen LogP contribution in [-0.4, -0.2) is 53.7 Å². The zero-order valence-electron chi connectivity index (χ0n) is 12.2. The van der Waals surface area contributed by atoms with Gasteiger partial charge in [-0.1, -0.05) is 0 Å². The van der Waals surface area contributed by atoms with Crippen LogP contribution in [0.25, 0.3) is 17.2 Å². The summed E-state index contributed by atoms with van der Waals surface area (Å²) in [5.41, 5.74) is 1.21. The zero-order valence-corrected chi connectivity index (χ0v) is 12.2. The van der Waals surface area contributed by atoms with E-state index in [0.717, 1.165) is 6.42 Å². The molecule has 1 aliphatic rings. The summed E-state index contributed by atoms with van der Waals surface area (Å²) in [6.45, 7) is 0.964. The quantitative estimate of drug-likeness (QED) is 0.750. The standard InChI is InChI=1S/C14H14N6O3/c21-12(22)7-20-14(16-13(18-20)9-2-5-23-8-9)10-6-11-15-3-1-4-19(11)17-10/h1,3-4,6,9H,2,5,7-8H2,(H,21,22)/t9-/m1/s1. The van der Waals surface area contributed by atoms with E-state index in [4.69, 9.17) is 9.84 Å². The van der Waals surface area contributed by atoms with E-state index >= 15 is 0 Å². The molecule has 9 heteroatoms. The molecule has 1 N–H and O–H groups in total. The molecular formula is C14H14N6O3. The zero-order chi connectivity index (χ0) is 15.8. The number of aromatic nitrogens is 6. The average molecular weight is 314 g/mol. The van der Waals surface area contributed by atoms with Gasteiger partial charge in [0.25, 0.3) is 0 Å². The summed E-state index contributed by atoms with van der Waals surface area (Å²) in [6, 6.07) is 3.53. The number of hydrogen-bond donors (Lipinski definition) is 1. The van der Waals surface area contributed by atoms with Gasteiger partial charge in [0.15, 0.2) is 17.3 Å². The SMILES string of the molecule is O=C(O)Cn1nc([C@@H]2CCOC2)nc1-c1cc2ncccn2n1. The van der Waals surface area contributed by atoms with Crippen molar-refractivity contribution in [2.45, 2.75) is 18.9 Å². The lowest BCUT2D eigenvalue weighted by Gasteiger charge is -2.00. The molecule has 1 atom stereocenters. The van der Waals surface area contributed by atoms with E-state index in [1.54, 1.807) is 29.0 Å². The van der Waals surface area contributed by atoms with Crippen LogP contribution in [0.4, 0.5) is 0 Å². The van der Waals surface area contributed by atoms with Gasteiger partial charge in [0, 0.05) is 31.0 Å². The molecule has 118 valence electrons. The Morgan fingerprint density at radius 2 is 2.35 bits per heavy atom. The van der Waals surface area contributed by atoms with Crippen LogP contribution in [0.3, 0.4) is 0 Å². The lowest BCUT2D eigenvalue weighted by atomic mass is 10.1. The molecule has 0 bridgehead atoms. The summed E-state index contributed by atoms with van der Waals surface area (Å²) in [7, 11) is 0. The molecule has 0 aromatic carbocycles. The van der Waals surface area contributed by atoms with Crippen molar-refractivity contribution < 1.29 is 14.6 Å². The Morgan fingerprint density at radius 1 is 1.43 bits per heavy atom. The van der Waals surface area contributed by atoms with Gasteiger partial charge in [-0.15, -0.1) is 0 Å². The minimum absolute atomic E-state index is 0.0963. The number of rotatable bonds is 4. The topological polar surface area (TPSA) is 107 Å². The van der Waals surface area contributed by atoms with Gasteiger partial charge in [0.2, 0.25) is 0 Å². The molecule has 1 fully saturated rings. The third-order valence-electron chi connectivity index (χ3n) is 3.73. The Hall–Kier alpha value is -2.81. The Morgan fingerprint density at radius 3 is 3.09 bits per heavy atom. The first-order chi connectivity index (χ1) is 11.2. The van der Waals surface area contributed by atoms with Crippen molar-refractivity contribution in [3.63, 3.8) is 0 Å².